The lowest BCUT2D eigenvalue weighted by Crippen LogP contribution is -2.18. The number of amides is 1. The van der Waals surface area contributed by atoms with Crippen molar-refractivity contribution < 1.29 is 27.7 Å². The van der Waals surface area contributed by atoms with Crippen molar-refractivity contribution in [3.63, 3.8) is 0 Å². The van der Waals surface area contributed by atoms with E-state index in [1.54, 1.807) is 30.3 Å². The van der Waals surface area contributed by atoms with Crippen molar-refractivity contribution >= 4 is 11.6 Å². The summed E-state index contributed by atoms with van der Waals surface area (Å²) in [6.45, 7) is 0. The lowest BCUT2D eigenvalue weighted by molar-refractivity contribution is -0.444. The van der Waals surface area contributed by atoms with E-state index < -0.39 is 12.3 Å². The molecule has 0 aromatic heterocycles. The number of hydrogen-bond donors (Lipinski definition) is 1. The molecule has 4 nitrogen and oxygen atoms in total. The number of rotatable bonds is 4. The average Bonchev–Trinajstić information content (AvgIpc) is 2.46. The van der Waals surface area contributed by atoms with Crippen molar-refractivity contribution in [3.8, 4) is 5.75 Å². The zero-order valence-electron chi connectivity index (χ0n) is 10.6. The molecule has 7 heteroatoms. The van der Waals surface area contributed by atoms with Crippen molar-refractivity contribution in [2.45, 2.75) is 6.36 Å². The fraction of sp³-hybridized carbons (Fsp3) is 0.0714. The number of para-hydroxylation sites is 2. The van der Waals surface area contributed by atoms with Gasteiger partial charge >= 0.3 is 6.36 Å². The molecule has 0 spiro atoms. The van der Waals surface area contributed by atoms with Gasteiger partial charge in [-0.1, -0.05) is 35.2 Å². The molecular formula is C14H10F3NO3. The molecule has 21 heavy (non-hydrogen) atoms. The van der Waals surface area contributed by atoms with Crippen molar-refractivity contribution in [1.82, 2.24) is 0 Å². The fourth-order valence-corrected chi connectivity index (χ4v) is 1.54. The van der Waals surface area contributed by atoms with Crippen molar-refractivity contribution in [2.24, 2.45) is 0 Å². The van der Waals surface area contributed by atoms with Gasteiger partial charge in [-0.05, 0) is 24.3 Å². The van der Waals surface area contributed by atoms with Gasteiger partial charge in [0.05, 0.1) is 5.56 Å². The van der Waals surface area contributed by atoms with Crippen LogP contribution >= 0.6 is 0 Å². The Kier molecular flexibility index (Phi) is 4.44. The molecule has 0 radical (unpaired) electrons. The quantitative estimate of drug-likeness (QED) is 0.690. The normalized spacial score (nSPS) is 11.0. The third-order valence-corrected chi connectivity index (χ3v) is 2.39. The zero-order chi connectivity index (χ0) is 15.3. The second kappa shape index (κ2) is 6.27. The standard InChI is InChI=1S/C14H10F3NO3/c15-14(16,17)21-20-12-9-5-4-8-11(12)13(19)18-10-6-2-1-3-7-10/h1-9H,(H,18,19). The average molecular weight is 297 g/mol. The molecule has 0 aliphatic rings. The van der Waals surface area contributed by atoms with Crippen LogP contribution < -0.4 is 10.2 Å². The molecule has 0 aliphatic carbocycles. The van der Waals surface area contributed by atoms with Crippen molar-refractivity contribution in [1.29, 1.82) is 0 Å². The number of anilines is 1. The maximum absolute atomic E-state index is 12.0. The molecule has 0 fully saturated rings. The topological polar surface area (TPSA) is 47.6 Å². The van der Waals surface area contributed by atoms with Gasteiger partial charge in [0.2, 0.25) is 0 Å². The van der Waals surface area contributed by atoms with E-state index in [-0.39, 0.29) is 11.3 Å². The highest BCUT2D eigenvalue weighted by Crippen LogP contribution is 2.24. The number of nitrogens with one attached hydrogen (secondary N) is 1. The molecular weight excluding hydrogens is 287 g/mol. The Morgan fingerprint density at radius 1 is 0.952 bits per heavy atom. The minimum atomic E-state index is -4.96. The Morgan fingerprint density at radius 3 is 2.24 bits per heavy atom. The number of alkyl halides is 3. The van der Waals surface area contributed by atoms with Crippen LogP contribution in [0.2, 0.25) is 0 Å². The van der Waals surface area contributed by atoms with E-state index in [0.717, 1.165) is 0 Å². The van der Waals surface area contributed by atoms with Gasteiger partial charge in [0, 0.05) is 5.69 Å². The lowest BCUT2D eigenvalue weighted by atomic mass is 10.2. The molecule has 2 aromatic rings. The van der Waals surface area contributed by atoms with Crippen LogP contribution in [-0.4, -0.2) is 12.3 Å². The van der Waals surface area contributed by atoms with Crippen LogP contribution in [0.3, 0.4) is 0 Å². The van der Waals surface area contributed by atoms with Gasteiger partial charge in [0.1, 0.15) is 0 Å². The Bertz CT molecular complexity index is 614. The van der Waals surface area contributed by atoms with Crippen LogP contribution in [0.15, 0.2) is 54.6 Å². The van der Waals surface area contributed by atoms with E-state index in [0.29, 0.717) is 5.69 Å². The van der Waals surface area contributed by atoms with Gasteiger partial charge in [-0.25, -0.2) is 0 Å². The van der Waals surface area contributed by atoms with E-state index in [4.69, 9.17) is 0 Å². The number of carbonyl (C=O) groups excluding carboxylic acids is 1. The van der Waals surface area contributed by atoms with E-state index >= 15 is 0 Å². The highest BCUT2D eigenvalue weighted by atomic mass is 19.4. The van der Waals surface area contributed by atoms with Gasteiger partial charge in [-0.15, -0.1) is 13.2 Å². The first-order chi connectivity index (χ1) is 9.96. The smallest absolute Gasteiger partial charge is 0.329 e. The monoisotopic (exact) mass is 297 g/mol. The molecule has 1 amide bonds. The highest BCUT2D eigenvalue weighted by Gasteiger charge is 2.32. The third-order valence-electron chi connectivity index (χ3n) is 2.39. The number of benzene rings is 2. The van der Waals surface area contributed by atoms with Crippen molar-refractivity contribution in [2.75, 3.05) is 5.32 Å². The number of hydrogen-bond acceptors (Lipinski definition) is 3. The summed E-state index contributed by atoms with van der Waals surface area (Å²) in [5.41, 5.74) is 0.430. The Labute approximate surface area is 118 Å². The molecule has 0 unspecified atom stereocenters. The molecule has 0 aliphatic heterocycles. The summed E-state index contributed by atoms with van der Waals surface area (Å²) in [5, 5.41) is 2.54. The molecule has 0 heterocycles. The first-order valence-electron chi connectivity index (χ1n) is 5.83. The van der Waals surface area contributed by atoms with Crippen LogP contribution in [-0.2, 0) is 4.89 Å². The van der Waals surface area contributed by atoms with Crippen LogP contribution in [0.4, 0.5) is 18.9 Å². The molecule has 110 valence electrons. The van der Waals surface area contributed by atoms with Crippen LogP contribution in [0.1, 0.15) is 10.4 Å². The van der Waals surface area contributed by atoms with Crippen LogP contribution in [0.25, 0.3) is 0 Å². The largest absolute Gasteiger partial charge is 0.558 e. The minimum Gasteiger partial charge on any atom is -0.329 e. The van der Waals surface area contributed by atoms with E-state index in [9.17, 15) is 18.0 Å². The molecule has 0 saturated carbocycles. The van der Waals surface area contributed by atoms with E-state index in [1.165, 1.54) is 24.3 Å². The van der Waals surface area contributed by atoms with E-state index in [1.807, 2.05) is 0 Å². The maximum atomic E-state index is 12.0. The highest BCUT2D eigenvalue weighted by molar-refractivity contribution is 6.06. The number of halogens is 3. The van der Waals surface area contributed by atoms with Gasteiger partial charge in [0.15, 0.2) is 5.75 Å². The Morgan fingerprint density at radius 2 is 1.57 bits per heavy atom. The molecule has 0 atom stereocenters. The van der Waals surface area contributed by atoms with Gasteiger partial charge in [-0.2, -0.15) is 0 Å². The minimum absolute atomic E-state index is 0.0781. The molecule has 2 rings (SSSR count). The van der Waals surface area contributed by atoms with Crippen LogP contribution in [0, 0.1) is 0 Å². The summed E-state index contributed by atoms with van der Waals surface area (Å²) in [6.07, 6.45) is -4.96. The second-order valence-corrected chi connectivity index (χ2v) is 3.93. The predicted molar refractivity (Wildman–Crippen MR) is 68.6 cm³/mol. The molecule has 2 aromatic carbocycles. The van der Waals surface area contributed by atoms with Crippen molar-refractivity contribution in [3.05, 3.63) is 60.2 Å². The van der Waals surface area contributed by atoms with Gasteiger partial charge in [0.25, 0.3) is 5.91 Å². The first kappa shape index (κ1) is 14.9. The molecule has 0 bridgehead atoms. The fourth-order valence-electron chi connectivity index (χ4n) is 1.54. The van der Waals surface area contributed by atoms with E-state index in [2.05, 4.69) is 15.1 Å². The summed E-state index contributed by atoms with van der Waals surface area (Å²) in [7, 11) is 0. The van der Waals surface area contributed by atoms with Gasteiger partial charge in [-0.3, -0.25) is 4.79 Å². The molecule has 0 saturated heterocycles. The summed E-state index contributed by atoms with van der Waals surface area (Å²) in [4.78, 5) is 19.5. The summed E-state index contributed by atoms with van der Waals surface area (Å²) in [5.74, 6) is -0.939. The Balaban J connectivity index is 2.14. The lowest BCUT2D eigenvalue weighted by Gasteiger charge is -2.11. The number of carbonyl (C=O) groups is 1. The summed E-state index contributed by atoms with van der Waals surface area (Å²) in [6, 6.07) is 13.9. The summed E-state index contributed by atoms with van der Waals surface area (Å²) < 4.78 is 35.9. The maximum Gasteiger partial charge on any atom is 0.558 e. The predicted octanol–water partition coefficient (Wildman–Crippen LogP) is 3.77. The summed E-state index contributed by atoms with van der Waals surface area (Å²) >= 11 is 0. The first-order valence-corrected chi connectivity index (χ1v) is 5.83. The SMILES string of the molecule is O=C(Nc1ccccc1)c1ccccc1OOC(F)(F)F. The third kappa shape index (κ3) is 4.50. The molecule has 1 N–H and O–H groups in total. The zero-order valence-corrected chi connectivity index (χ0v) is 10.6. The Hall–Kier alpha value is -2.54. The second-order valence-electron chi connectivity index (χ2n) is 3.93. The van der Waals surface area contributed by atoms with Gasteiger partial charge < -0.3 is 10.2 Å². The van der Waals surface area contributed by atoms with Crippen LogP contribution in [0.5, 0.6) is 5.75 Å².